The minimum atomic E-state index is 0.374. The second-order valence-electron chi connectivity index (χ2n) is 4.84. The standard InChI is InChI=1S/C16H18BCl/c1-11-7-5-4-6-8-13(11)14-9-12(2)15(17-3)10-16(14)18/h4-11,15,17H,2H2,1,3H3/t11-,15?/m1/s1. The normalized spacial score (nSPS) is 27.3. The molecule has 0 aromatic carbocycles. The maximum atomic E-state index is 6.44. The third-order valence-electron chi connectivity index (χ3n) is 3.55. The van der Waals surface area contributed by atoms with Crippen LogP contribution in [-0.2, 0) is 0 Å². The summed E-state index contributed by atoms with van der Waals surface area (Å²) < 4.78 is 0. The average molecular weight is 257 g/mol. The minimum Gasteiger partial charge on any atom is -0.0959 e. The molecular formula is C16H18BCl. The smallest absolute Gasteiger partial charge is 0.0959 e. The Hall–Kier alpha value is -1.21. The molecule has 2 rings (SSSR count). The Morgan fingerprint density at radius 3 is 2.78 bits per heavy atom. The topological polar surface area (TPSA) is 0 Å². The molecule has 0 aromatic rings. The van der Waals surface area contributed by atoms with Crippen LogP contribution in [0.2, 0.25) is 12.6 Å². The van der Waals surface area contributed by atoms with Crippen LogP contribution in [0.3, 0.4) is 0 Å². The molecule has 0 amide bonds. The van der Waals surface area contributed by atoms with E-state index in [4.69, 9.17) is 11.6 Å². The van der Waals surface area contributed by atoms with Crippen LogP contribution in [0.15, 0.2) is 70.9 Å². The Balaban J connectivity index is 2.37. The van der Waals surface area contributed by atoms with E-state index in [1.54, 1.807) is 0 Å². The van der Waals surface area contributed by atoms with Crippen molar-refractivity contribution in [3.8, 4) is 0 Å². The summed E-state index contributed by atoms with van der Waals surface area (Å²) in [7, 11) is 1.05. The van der Waals surface area contributed by atoms with E-state index in [9.17, 15) is 0 Å². The fraction of sp³-hybridized carbons (Fsp3) is 0.250. The molecule has 2 aliphatic carbocycles. The molecule has 2 aliphatic rings. The van der Waals surface area contributed by atoms with E-state index in [-0.39, 0.29) is 0 Å². The van der Waals surface area contributed by atoms with Gasteiger partial charge >= 0.3 is 0 Å². The minimum absolute atomic E-state index is 0.374. The molecule has 0 spiro atoms. The van der Waals surface area contributed by atoms with Crippen molar-refractivity contribution in [2.24, 2.45) is 5.92 Å². The van der Waals surface area contributed by atoms with Crippen molar-refractivity contribution in [1.29, 1.82) is 0 Å². The van der Waals surface area contributed by atoms with Crippen molar-refractivity contribution in [3.63, 3.8) is 0 Å². The van der Waals surface area contributed by atoms with Crippen LogP contribution in [0.25, 0.3) is 0 Å². The van der Waals surface area contributed by atoms with Gasteiger partial charge in [0.25, 0.3) is 0 Å². The molecule has 2 heteroatoms. The fourth-order valence-electron chi connectivity index (χ4n) is 2.38. The van der Waals surface area contributed by atoms with Gasteiger partial charge in [-0.15, -0.1) is 0 Å². The van der Waals surface area contributed by atoms with E-state index in [1.165, 1.54) is 5.57 Å². The third kappa shape index (κ3) is 2.62. The van der Waals surface area contributed by atoms with Crippen molar-refractivity contribution in [3.05, 3.63) is 70.9 Å². The lowest BCUT2D eigenvalue weighted by Crippen LogP contribution is -2.08. The molecule has 0 bridgehead atoms. The summed E-state index contributed by atoms with van der Waals surface area (Å²) in [5.74, 6) is 0.758. The fourth-order valence-corrected chi connectivity index (χ4v) is 2.70. The van der Waals surface area contributed by atoms with Gasteiger partial charge in [0.2, 0.25) is 0 Å². The van der Waals surface area contributed by atoms with E-state index in [2.05, 4.69) is 56.8 Å². The van der Waals surface area contributed by atoms with Crippen molar-refractivity contribution in [2.75, 3.05) is 0 Å². The van der Waals surface area contributed by atoms with Gasteiger partial charge in [-0.3, -0.25) is 0 Å². The van der Waals surface area contributed by atoms with Gasteiger partial charge in [-0.05, 0) is 22.9 Å². The Morgan fingerprint density at radius 1 is 1.28 bits per heavy atom. The van der Waals surface area contributed by atoms with Gasteiger partial charge in [-0.2, -0.15) is 0 Å². The highest BCUT2D eigenvalue weighted by Gasteiger charge is 2.21. The van der Waals surface area contributed by atoms with Crippen molar-refractivity contribution in [1.82, 2.24) is 0 Å². The number of allylic oxidation sites excluding steroid dienone is 11. The lowest BCUT2D eigenvalue weighted by molar-refractivity contribution is 0.877. The zero-order chi connectivity index (χ0) is 13.1. The van der Waals surface area contributed by atoms with Gasteiger partial charge in [0.15, 0.2) is 0 Å². The van der Waals surface area contributed by atoms with Crippen LogP contribution in [-0.4, -0.2) is 7.28 Å². The van der Waals surface area contributed by atoms with Gasteiger partial charge in [-0.25, -0.2) is 0 Å². The molecule has 1 unspecified atom stereocenters. The zero-order valence-corrected chi connectivity index (χ0v) is 11.7. The lowest BCUT2D eigenvalue weighted by atomic mass is 9.62. The molecule has 92 valence electrons. The van der Waals surface area contributed by atoms with Crippen LogP contribution in [0.5, 0.6) is 0 Å². The van der Waals surface area contributed by atoms with E-state index in [0.29, 0.717) is 11.7 Å². The monoisotopic (exact) mass is 256 g/mol. The Morgan fingerprint density at radius 2 is 2.06 bits per heavy atom. The van der Waals surface area contributed by atoms with E-state index in [0.717, 1.165) is 23.5 Å². The molecule has 0 aliphatic heterocycles. The van der Waals surface area contributed by atoms with Gasteiger partial charge in [0.05, 0.1) is 0 Å². The molecule has 18 heavy (non-hydrogen) atoms. The Kier molecular flexibility index (Phi) is 4.13. The molecule has 0 heterocycles. The molecule has 0 nitrogen and oxygen atoms in total. The molecule has 0 saturated heterocycles. The van der Waals surface area contributed by atoms with Gasteiger partial charge in [0, 0.05) is 5.03 Å². The lowest BCUT2D eigenvalue weighted by Gasteiger charge is -2.23. The summed E-state index contributed by atoms with van der Waals surface area (Å²) >= 11 is 6.44. The highest BCUT2D eigenvalue weighted by molar-refractivity contribution is 6.40. The molecule has 0 saturated carbocycles. The highest BCUT2D eigenvalue weighted by atomic mass is 35.5. The number of hydrogen-bond acceptors (Lipinski definition) is 0. The molecule has 2 atom stereocenters. The SMILES string of the molecule is C=C1C=C(C2=CC=CC=C[C@H]2C)C(Cl)=CC1BC. The first-order valence-electron chi connectivity index (χ1n) is 6.47. The molecule has 0 radical (unpaired) electrons. The second kappa shape index (κ2) is 5.62. The second-order valence-corrected chi connectivity index (χ2v) is 5.25. The predicted molar refractivity (Wildman–Crippen MR) is 83.4 cm³/mol. The largest absolute Gasteiger partial charge is 0.131 e. The van der Waals surface area contributed by atoms with Crippen LogP contribution in [0, 0.1) is 5.92 Å². The summed E-state index contributed by atoms with van der Waals surface area (Å²) in [6.45, 7) is 8.50. The van der Waals surface area contributed by atoms with E-state index in [1.807, 2.05) is 6.08 Å². The Bertz CT molecular complexity index is 503. The zero-order valence-electron chi connectivity index (χ0n) is 11.0. The van der Waals surface area contributed by atoms with Crippen molar-refractivity contribution in [2.45, 2.75) is 19.6 Å². The van der Waals surface area contributed by atoms with Crippen molar-refractivity contribution >= 4 is 18.9 Å². The number of halogens is 1. The number of rotatable bonds is 2. The maximum absolute atomic E-state index is 6.44. The van der Waals surface area contributed by atoms with Gasteiger partial charge in [-0.1, -0.05) is 80.0 Å². The third-order valence-corrected chi connectivity index (χ3v) is 3.88. The average Bonchev–Trinajstić information content (AvgIpc) is 2.56. The van der Waals surface area contributed by atoms with Gasteiger partial charge in [0.1, 0.15) is 7.28 Å². The van der Waals surface area contributed by atoms with E-state index >= 15 is 0 Å². The van der Waals surface area contributed by atoms with Crippen LogP contribution in [0.4, 0.5) is 0 Å². The van der Waals surface area contributed by atoms with E-state index < -0.39 is 0 Å². The van der Waals surface area contributed by atoms with Crippen molar-refractivity contribution < 1.29 is 0 Å². The Labute approximate surface area is 115 Å². The molecular weight excluding hydrogens is 238 g/mol. The summed E-state index contributed by atoms with van der Waals surface area (Å²) in [5, 5.41) is 0.857. The first-order valence-corrected chi connectivity index (χ1v) is 6.85. The van der Waals surface area contributed by atoms with Gasteiger partial charge < -0.3 is 0 Å². The first-order chi connectivity index (χ1) is 8.63. The summed E-state index contributed by atoms with van der Waals surface area (Å²) in [4.78, 5) is 0. The van der Waals surface area contributed by atoms with Crippen LogP contribution < -0.4 is 0 Å². The predicted octanol–water partition coefficient (Wildman–Crippen LogP) is 4.57. The molecule has 0 fully saturated rings. The summed E-state index contributed by atoms with van der Waals surface area (Å²) in [6, 6.07) is 0. The quantitative estimate of drug-likeness (QED) is 0.635. The maximum Gasteiger partial charge on any atom is 0.131 e. The summed E-state index contributed by atoms with van der Waals surface area (Å²) in [5.41, 5.74) is 3.54. The summed E-state index contributed by atoms with van der Waals surface area (Å²) in [6.07, 6.45) is 14.8. The van der Waals surface area contributed by atoms with Crippen LogP contribution in [0.1, 0.15) is 6.92 Å². The highest BCUT2D eigenvalue weighted by Crippen LogP contribution is 2.38. The molecule has 0 aromatic heterocycles. The molecule has 0 N–H and O–H groups in total. The number of hydrogen-bond donors (Lipinski definition) is 0. The first kappa shape index (κ1) is 13.2. The van der Waals surface area contributed by atoms with Crippen LogP contribution >= 0.6 is 11.6 Å².